The predicted octanol–water partition coefficient (Wildman–Crippen LogP) is 1.56. The van der Waals surface area contributed by atoms with E-state index in [1.807, 2.05) is 0 Å². The highest BCUT2D eigenvalue weighted by atomic mass is 127. The van der Waals surface area contributed by atoms with Crippen LogP contribution in [0.15, 0.2) is 4.99 Å². The van der Waals surface area contributed by atoms with Crippen molar-refractivity contribution < 1.29 is 4.74 Å². The fraction of sp³-hybridized carbons (Fsp3) is 0.944. The maximum Gasteiger partial charge on any atom is 0.193 e. The van der Waals surface area contributed by atoms with Crippen LogP contribution in [0.2, 0.25) is 0 Å². The second-order valence-electron chi connectivity index (χ2n) is 7.32. The molecule has 0 bridgehead atoms. The average Bonchev–Trinajstić information content (AvgIpc) is 3.40. The first-order chi connectivity index (χ1) is 11.6. The van der Waals surface area contributed by atoms with E-state index in [1.54, 1.807) is 0 Å². The van der Waals surface area contributed by atoms with Crippen LogP contribution in [0, 0.1) is 5.92 Å². The van der Waals surface area contributed by atoms with E-state index < -0.39 is 0 Å². The molecule has 0 aromatic carbocycles. The summed E-state index contributed by atoms with van der Waals surface area (Å²) in [6, 6.07) is 0.492. The Bertz CT molecular complexity index is 384. The van der Waals surface area contributed by atoms with Crippen LogP contribution in [0.25, 0.3) is 0 Å². The standard InChI is InChI=1S/C18H37N5O.HI/c1-5-19-18(22(4)12-13-24-15-17-6-7-17)20-14-16(2)23-10-8-21(3)9-11-23;/h16-17H,5-15H2,1-4H3,(H,19,20);1H. The maximum atomic E-state index is 5.75. The van der Waals surface area contributed by atoms with Crippen molar-refractivity contribution in [1.29, 1.82) is 0 Å². The number of hydrogen-bond acceptors (Lipinski definition) is 4. The van der Waals surface area contributed by atoms with Gasteiger partial charge in [0.15, 0.2) is 5.96 Å². The van der Waals surface area contributed by atoms with Gasteiger partial charge in [0.25, 0.3) is 0 Å². The van der Waals surface area contributed by atoms with E-state index in [4.69, 9.17) is 9.73 Å². The highest BCUT2D eigenvalue weighted by Crippen LogP contribution is 2.28. The Morgan fingerprint density at radius 2 is 1.96 bits per heavy atom. The van der Waals surface area contributed by atoms with Crippen LogP contribution in [-0.4, -0.2) is 99.8 Å². The predicted molar refractivity (Wildman–Crippen MR) is 116 cm³/mol. The van der Waals surface area contributed by atoms with Crippen LogP contribution >= 0.6 is 24.0 Å². The van der Waals surface area contributed by atoms with Gasteiger partial charge < -0.3 is 19.9 Å². The Morgan fingerprint density at radius 1 is 1.28 bits per heavy atom. The minimum atomic E-state index is 0. The summed E-state index contributed by atoms with van der Waals surface area (Å²) in [5.74, 6) is 1.83. The molecule has 0 aromatic rings. The number of hydrogen-bond donors (Lipinski definition) is 1. The molecule has 1 aliphatic carbocycles. The summed E-state index contributed by atoms with van der Waals surface area (Å²) in [6.45, 7) is 13.4. The number of nitrogens with one attached hydrogen (secondary N) is 1. The number of ether oxygens (including phenoxy) is 1. The number of nitrogens with zero attached hydrogens (tertiary/aromatic N) is 4. The summed E-state index contributed by atoms with van der Waals surface area (Å²) < 4.78 is 5.75. The van der Waals surface area contributed by atoms with Crippen molar-refractivity contribution in [3.05, 3.63) is 0 Å². The Labute approximate surface area is 171 Å². The number of piperazine rings is 1. The molecule has 148 valence electrons. The van der Waals surface area contributed by atoms with E-state index >= 15 is 0 Å². The molecule has 2 aliphatic rings. The summed E-state index contributed by atoms with van der Waals surface area (Å²) in [5.41, 5.74) is 0. The van der Waals surface area contributed by atoms with Crippen LogP contribution in [0.3, 0.4) is 0 Å². The van der Waals surface area contributed by atoms with Crippen LogP contribution in [0.5, 0.6) is 0 Å². The molecule has 0 radical (unpaired) electrons. The summed E-state index contributed by atoms with van der Waals surface area (Å²) in [6.07, 6.45) is 2.70. The number of halogens is 1. The van der Waals surface area contributed by atoms with Gasteiger partial charge in [-0.05, 0) is 39.7 Å². The van der Waals surface area contributed by atoms with E-state index in [0.717, 1.165) is 70.9 Å². The van der Waals surface area contributed by atoms with Crippen molar-refractivity contribution in [1.82, 2.24) is 20.0 Å². The van der Waals surface area contributed by atoms with E-state index in [9.17, 15) is 0 Å². The van der Waals surface area contributed by atoms with Gasteiger partial charge in [-0.3, -0.25) is 9.89 Å². The molecular weight excluding hydrogens is 429 g/mol. The molecule has 0 amide bonds. The monoisotopic (exact) mass is 467 g/mol. The lowest BCUT2D eigenvalue weighted by Crippen LogP contribution is -2.49. The van der Waals surface area contributed by atoms with E-state index in [2.05, 4.69) is 48.0 Å². The highest BCUT2D eigenvalue weighted by molar-refractivity contribution is 14.0. The first kappa shape index (κ1) is 22.9. The third kappa shape index (κ3) is 8.88. The van der Waals surface area contributed by atoms with Gasteiger partial charge in [-0.15, -0.1) is 24.0 Å². The smallest absolute Gasteiger partial charge is 0.193 e. The van der Waals surface area contributed by atoms with Crippen molar-refractivity contribution in [2.24, 2.45) is 10.9 Å². The zero-order valence-corrected chi connectivity index (χ0v) is 18.9. The molecule has 1 N–H and O–H groups in total. The molecule has 7 heteroatoms. The molecule has 1 saturated carbocycles. The fourth-order valence-corrected chi connectivity index (χ4v) is 2.91. The summed E-state index contributed by atoms with van der Waals surface area (Å²) >= 11 is 0. The molecule has 6 nitrogen and oxygen atoms in total. The first-order valence-electron chi connectivity index (χ1n) is 9.60. The van der Waals surface area contributed by atoms with Crippen molar-refractivity contribution in [3.63, 3.8) is 0 Å². The largest absolute Gasteiger partial charge is 0.379 e. The fourth-order valence-electron chi connectivity index (χ4n) is 2.91. The normalized spacial score (nSPS) is 20.9. The lowest BCUT2D eigenvalue weighted by Gasteiger charge is -2.36. The van der Waals surface area contributed by atoms with Crippen LogP contribution < -0.4 is 5.32 Å². The van der Waals surface area contributed by atoms with Crippen molar-refractivity contribution >= 4 is 29.9 Å². The minimum Gasteiger partial charge on any atom is -0.379 e. The third-order valence-electron chi connectivity index (χ3n) is 4.98. The zero-order chi connectivity index (χ0) is 17.4. The van der Waals surface area contributed by atoms with Gasteiger partial charge in [0.2, 0.25) is 0 Å². The van der Waals surface area contributed by atoms with Gasteiger partial charge in [0.1, 0.15) is 0 Å². The molecule has 0 aromatic heterocycles. The molecule has 1 unspecified atom stereocenters. The van der Waals surface area contributed by atoms with Gasteiger partial charge in [-0.2, -0.15) is 0 Å². The molecule has 25 heavy (non-hydrogen) atoms. The lowest BCUT2D eigenvalue weighted by atomic mass is 10.2. The molecular formula is C18H38IN5O. The number of guanidine groups is 1. The first-order valence-corrected chi connectivity index (χ1v) is 9.60. The minimum absolute atomic E-state index is 0. The summed E-state index contributed by atoms with van der Waals surface area (Å²) in [4.78, 5) is 12.0. The Kier molecular flexibility index (Phi) is 11.3. The molecule has 1 atom stereocenters. The van der Waals surface area contributed by atoms with Crippen molar-refractivity contribution in [2.45, 2.75) is 32.7 Å². The van der Waals surface area contributed by atoms with Crippen LogP contribution in [0.4, 0.5) is 0 Å². The second-order valence-corrected chi connectivity index (χ2v) is 7.32. The maximum absolute atomic E-state index is 5.75. The van der Waals surface area contributed by atoms with Crippen LogP contribution in [-0.2, 0) is 4.74 Å². The SMILES string of the molecule is CCNC(=NCC(C)N1CCN(C)CC1)N(C)CCOCC1CC1.I. The second kappa shape index (κ2) is 12.3. The van der Waals surface area contributed by atoms with Gasteiger partial charge >= 0.3 is 0 Å². The number of aliphatic imine (C=N–C) groups is 1. The van der Waals surface area contributed by atoms with E-state index in [0.29, 0.717) is 6.04 Å². The highest BCUT2D eigenvalue weighted by Gasteiger charge is 2.21. The molecule has 1 saturated heterocycles. The van der Waals surface area contributed by atoms with Gasteiger partial charge in [0.05, 0.1) is 13.2 Å². The molecule has 1 aliphatic heterocycles. The Hall–Kier alpha value is -0.120. The van der Waals surface area contributed by atoms with E-state index in [-0.39, 0.29) is 24.0 Å². The Morgan fingerprint density at radius 3 is 2.56 bits per heavy atom. The number of likely N-dealkylation sites (N-methyl/N-ethyl adjacent to an activating group) is 2. The average molecular weight is 467 g/mol. The quantitative estimate of drug-likeness (QED) is 0.241. The van der Waals surface area contributed by atoms with Crippen LogP contribution in [0.1, 0.15) is 26.7 Å². The summed E-state index contributed by atoms with van der Waals surface area (Å²) in [7, 11) is 4.30. The molecule has 2 fully saturated rings. The van der Waals surface area contributed by atoms with Gasteiger partial charge in [-0.1, -0.05) is 0 Å². The summed E-state index contributed by atoms with van der Waals surface area (Å²) in [5, 5.41) is 3.40. The topological polar surface area (TPSA) is 43.3 Å². The Balaban J connectivity index is 0.00000312. The molecule has 0 spiro atoms. The third-order valence-corrected chi connectivity index (χ3v) is 4.98. The zero-order valence-electron chi connectivity index (χ0n) is 16.5. The van der Waals surface area contributed by atoms with Crippen molar-refractivity contribution in [3.8, 4) is 0 Å². The lowest BCUT2D eigenvalue weighted by molar-refractivity contribution is 0.114. The molecule has 1 heterocycles. The van der Waals surface area contributed by atoms with Gasteiger partial charge in [0, 0.05) is 59.0 Å². The van der Waals surface area contributed by atoms with Gasteiger partial charge in [-0.25, -0.2) is 0 Å². The van der Waals surface area contributed by atoms with E-state index in [1.165, 1.54) is 12.8 Å². The number of rotatable bonds is 9. The van der Waals surface area contributed by atoms with Crippen molar-refractivity contribution in [2.75, 3.05) is 73.1 Å². The molecule has 2 rings (SSSR count).